The van der Waals surface area contributed by atoms with Gasteiger partial charge >= 0.3 is 0 Å². The van der Waals surface area contributed by atoms with E-state index in [4.69, 9.17) is 5.26 Å². The lowest BCUT2D eigenvalue weighted by atomic mass is 10.1. The quantitative estimate of drug-likeness (QED) is 0.703. The van der Waals surface area contributed by atoms with Crippen LogP contribution in [0.25, 0.3) is 0 Å². The number of benzene rings is 1. The molecule has 144 valence electrons. The minimum Gasteiger partial charge on any atom is -0.340 e. The number of nitrogens with one attached hydrogen (secondary N) is 1. The highest BCUT2D eigenvalue weighted by molar-refractivity contribution is 6.06. The molecule has 0 radical (unpaired) electrons. The monoisotopic (exact) mass is 385 g/mol. The Balaban J connectivity index is 1.68. The molecule has 0 unspecified atom stereocenters. The molecule has 2 amide bonds. The van der Waals surface area contributed by atoms with Crippen LogP contribution in [0.3, 0.4) is 0 Å². The molecule has 0 aliphatic heterocycles. The molecule has 3 aromatic rings. The minimum absolute atomic E-state index is 0.184. The van der Waals surface area contributed by atoms with Gasteiger partial charge < -0.3 is 10.2 Å². The predicted octanol–water partition coefficient (Wildman–Crippen LogP) is 2.92. The zero-order valence-corrected chi connectivity index (χ0v) is 15.9. The van der Waals surface area contributed by atoms with Crippen LogP contribution in [-0.4, -0.2) is 40.3 Å². The van der Waals surface area contributed by atoms with Crippen LogP contribution in [0.1, 0.15) is 32.0 Å². The molecule has 7 nitrogen and oxygen atoms in total. The van der Waals surface area contributed by atoms with Crippen LogP contribution in [0.5, 0.6) is 0 Å². The number of amides is 2. The van der Waals surface area contributed by atoms with Crippen molar-refractivity contribution >= 4 is 17.5 Å². The van der Waals surface area contributed by atoms with Crippen molar-refractivity contribution in [2.75, 3.05) is 18.9 Å². The molecule has 3 rings (SSSR count). The van der Waals surface area contributed by atoms with Crippen LogP contribution < -0.4 is 5.32 Å². The molecular weight excluding hydrogens is 366 g/mol. The van der Waals surface area contributed by atoms with Gasteiger partial charge in [-0.3, -0.25) is 19.6 Å². The molecule has 1 N–H and O–H groups in total. The number of anilines is 1. The number of rotatable bonds is 6. The van der Waals surface area contributed by atoms with Gasteiger partial charge in [0.1, 0.15) is 11.8 Å². The highest BCUT2D eigenvalue weighted by atomic mass is 16.2. The van der Waals surface area contributed by atoms with Crippen molar-refractivity contribution in [1.82, 2.24) is 14.9 Å². The number of hydrogen-bond donors (Lipinski definition) is 1. The first-order valence-corrected chi connectivity index (χ1v) is 8.99. The number of likely N-dealkylation sites (N-methyl/N-ethyl adjacent to an activating group) is 1. The second-order valence-corrected chi connectivity index (χ2v) is 6.37. The lowest BCUT2D eigenvalue weighted by Crippen LogP contribution is -2.29. The Kier molecular flexibility index (Phi) is 6.28. The first kappa shape index (κ1) is 19.7. The number of aromatic nitrogens is 2. The SMILES string of the molecule is CN(CCc1ccncc1)C(=O)c1cc(C(=O)Nc2ccccc2C#N)ccn1. The van der Waals surface area contributed by atoms with Gasteiger partial charge in [0.2, 0.25) is 0 Å². The number of pyridine rings is 2. The highest BCUT2D eigenvalue weighted by Gasteiger charge is 2.16. The molecular formula is C22H19N5O2. The van der Waals surface area contributed by atoms with E-state index in [1.165, 1.54) is 18.3 Å². The fourth-order valence-electron chi connectivity index (χ4n) is 2.72. The first-order chi connectivity index (χ1) is 14.1. The normalized spacial score (nSPS) is 10.1. The Morgan fingerprint density at radius 1 is 1.10 bits per heavy atom. The van der Waals surface area contributed by atoms with Crippen LogP contribution >= 0.6 is 0 Å². The second kappa shape index (κ2) is 9.24. The van der Waals surface area contributed by atoms with Gasteiger partial charge in [-0.15, -0.1) is 0 Å². The molecule has 0 aliphatic rings. The van der Waals surface area contributed by atoms with Crippen molar-refractivity contribution in [2.45, 2.75) is 6.42 Å². The van der Waals surface area contributed by atoms with Crippen LogP contribution in [-0.2, 0) is 6.42 Å². The third-order valence-corrected chi connectivity index (χ3v) is 4.37. The van der Waals surface area contributed by atoms with Gasteiger partial charge in [-0.25, -0.2) is 0 Å². The van der Waals surface area contributed by atoms with E-state index < -0.39 is 5.91 Å². The van der Waals surface area contributed by atoms with Crippen molar-refractivity contribution in [1.29, 1.82) is 5.26 Å². The molecule has 2 heterocycles. The van der Waals surface area contributed by atoms with E-state index in [2.05, 4.69) is 15.3 Å². The number of nitrogens with zero attached hydrogens (tertiary/aromatic N) is 4. The Labute approximate surface area is 168 Å². The average Bonchev–Trinajstić information content (AvgIpc) is 2.78. The molecule has 1 aromatic carbocycles. The molecule has 29 heavy (non-hydrogen) atoms. The lowest BCUT2D eigenvalue weighted by molar-refractivity contribution is 0.0791. The van der Waals surface area contributed by atoms with E-state index in [9.17, 15) is 9.59 Å². The summed E-state index contributed by atoms with van der Waals surface area (Å²) >= 11 is 0. The number of carbonyl (C=O) groups excluding carboxylic acids is 2. The Hall–Kier alpha value is -4.05. The van der Waals surface area contributed by atoms with Crippen molar-refractivity contribution in [3.8, 4) is 6.07 Å². The standard InChI is InChI=1S/C22H19N5O2/c1-27(13-9-16-6-10-24-11-7-16)22(29)20-14-17(8-12-25-20)21(28)26-19-5-3-2-4-18(19)15-23/h2-8,10-12,14H,9,13H2,1H3,(H,26,28). The summed E-state index contributed by atoms with van der Waals surface area (Å²) < 4.78 is 0. The maximum atomic E-state index is 12.7. The van der Waals surface area contributed by atoms with Crippen LogP contribution in [0.4, 0.5) is 5.69 Å². The van der Waals surface area contributed by atoms with Crippen molar-refractivity contribution in [3.63, 3.8) is 0 Å². The molecule has 0 bridgehead atoms. The molecule has 0 saturated heterocycles. The van der Waals surface area contributed by atoms with Crippen LogP contribution in [0.2, 0.25) is 0 Å². The van der Waals surface area contributed by atoms with Crippen molar-refractivity contribution in [2.24, 2.45) is 0 Å². The molecule has 0 atom stereocenters. The fourth-order valence-corrected chi connectivity index (χ4v) is 2.72. The molecule has 0 aliphatic carbocycles. The summed E-state index contributed by atoms with van der Waals surface area (Å²) in [7, 11) is 1.70. The van der Waals surface area contributed by atoms with Gasteiger partial charge in [0.15, 0.2) is 0 Å². The van der Waals surface area contributed by atoms with E-state index in [1.54, 1.807) is 48.6 Å². The summed E-state index contributed by atoms with van der Waals surface area (Å²) in [5.74, 6) is -0.685. The second-order valence-electron chi connectivity index (χ2n) is 6.37. The number of hydrogen-bond acceptors (Lipinski definition) is 5. The maximum Gasteiger partial charge on any atom is 0.272 e. The van der Waals surface area contributed by atoms with Gasteiger partial charge in [0.05, 0.1) is 11.3 Å². The Morgan fingerprint density at radius 2 is 1.86 bits per heavy atom. The van der Waals surface area contributed by atoms with Gasteiger partial charge in [0, 0.05) is 37.7 Å². The van der Waals surface area contributed by atoms with E-state index >= 15 is 0 Å². The van der Waals surface area contributed by atoms with Gasteiger partial charge in [0.25, 0.3) is 11.8 Å². The summed E-state index contributed by atoms with van der Waals surface area (Å²) in [6, 6.07) is 15.5. The topological polar surface area (TPSA) is 99.0 Å². The van der Waals surface area contributed by atoms with Gasteiger partial charge in [-0.2, -0.15) is 5.26 Å². The maximum absolute atomic E-state index is 12.7. The van der Waals surface area contributed by atoms with Crippen molar-refractivity contribution < 1.29 is 9.59 Å². The summed E-state index contributed by atoms with van der Waals surface area (Å²) in [6.07, 6.45) is 5.54. The molecule has 0 saturated carbocycles. The zero-order chi connectivity index (χ0) is 20.6. The van der Waals surface area contributed by atoms with Gasteiger partial charge in [-0.1, -0.05) is 12.1 Å². The largest absolute Gasteiger partial charge is 0.340 e. The zero-order valence-electron chi connectivity index (χ0n) is 15.9. The van der Waals surface area contributed by atoms with E-state index in [1.807, 2.05) is 18.2 Å². The third kappa shape index (κ3) is 5.02. The van der Waals surface area contributed by atoms with Crippen LogP contribution in [0.15, 0.2) is 67.1 Å². The predicted molar refractivity (Wildman–Crippen MR) is 108 cm³/mol. The Morgan fingerprint density at radius 3 is 2.62 bits per heavy atom. The van der Waals surface area contributed by atoms with E-state index in [0.717, 1.165) is 5.56 Å². The minimum atomic E-state index is -0.413. The summed E-state index contributed by atoms with van der Waals surface area (Å²) in [4.78, 5) is 34.9. The molecule has 0 spiro atoms. The fraction of sp³-hybridized carbons (Fsp3) is 0.136. The van der Waals surface area contributed by atoms with E-state index in [0.29, 0.717) is 29.8 Å². The molecule has 0 fully saturated rings. The summed E-state index contributed by atoms with van der Waals surface area (Å²) in [6.45, 7) is 0.510. The van der Waals surface area contributed by atoms with Crippen LogP contribution in [0, 0.1) is 11.3 Å². The smallest absolute Gasteiger partial charge is 0.272 e. The lowest BCUT2D eigenvalue weighted by Gasteiger charge is -2.17. The Bertz CT molecular complexity index is 1060. The first-order valence-electron chi connectivity index (χ1n) is 8.99. The summed E-state index contributed by atoms with van der Waals surface area (Å²) in [5.41, 5.74) is 2.33. The average molecular weight is 385 g/mol. The van der Waals surface area contributed by atoms with Crippen molar-refractivity contribution in [3.05, 3.63) is 89.5 Å². The van der Waals surface area contributed by atoms with E-state index in [-0.39, 0.29) is 11.6 Å². The third-order valence-electron chi connectivity index (χ3n) is 4.37. The number of nitriles is 1. The highest BCUT2D eigenvalue weighted by Crippen LogP contribution is 2.15. The number of para-hydroxylation sites is 1. The molecule has 7 heteroatoms. The molecule has 2 aromatic heterocycles. The summed E-state index contributed by atoms with van der Waals surface area (Å²) in [5, 5.41) is 11.8. The van der Waals surface area contributed by atoms with Gasteiger partial charge in [-0.05, 0) is 48.4 Å². The number of carbonyl (C=O) groups is 2.